The van der Waals surface area contributed by atoms with Crippen molar-refractivity contribution in [1.82, 2.24) is 10.4 Å². The van der Waals surface area contributed by atoms with Crippen LogP contribution in [-0.2, 0) is 0 Å². The number of carbonyl (C=O) groups excluding carboxylic acids is 4. The van der Waals surface area contributed by atoms with Crippen LogP contribution in [0.4, 0.5) is 0 Å². The average Bonchev–Trinajstić information content (AvgIpc) is 2.99. The van der Waals surface area contributed by atoms with Gasteiger partial charge in [-0.3, -0.25) is 29.7 Å². The summed E-state index contributed by atoms with van der Waals surface area (Å²) in [6.07, 6.45) is 0. The SMILES string of the molecule is O=C1NC(=O)c2ccccc21.O=C1c2ccccc2C(=O)N1O. The molecule has 114 valence electrons. The van der Waals surface area contributed by atoms with Crippen molar-refractivity contribution in [3.8, 4) is 0 Å². The van der Waals surface area contributed by atoms with Crippen LogP contribution in [-0.4, -0.2) is 33.9 Å². The summed E-state index contributed by atoms with van der Waals surface area (Å²) in [5.41, 5.74) is 1.45. The fraction of sp³-hybridized carbons (Fsp3) is 0. The molecule has 7 heteroatoms. The zero-order valence-corrected chi connectivity index (χ0v) is 11.6. The lowest BCUT2D eigenvalue weighted by Gasteiger charge is -1.99. The number of benzene rings is 2. The minimum absolute atomic E-state index is 0.130. The van der Waals surface area contributed by atoms with E-state index in [1.165, 1.54) is 12.1 Å². The van der Waals surface area contributed by atoms with E-state index in [9.17, 15) is 19.2 Å². The molecule has 4 rings (SSSR count). The largest absolute Gasteiger partial charge is 0.288 e. The number of hydroxylamine groups is 2. The van der Waals surface area contributed by atoms with Crippen molar-refractivity contribution in [3.05, 3.63) is 70.8 Å². The lowest BCUT2D eigenvalue weighted by Crippen LogP contribution is -2.25. The van der Waals surface area contributed by atoms with E-state index in [1.807, 2.05) is 0 Å². The van der Waals surface area contributed by atoms with Crippen molar-refractivity contribution >= 4 is 23.6 Å². The number of nitrogens with zero attached hydrogens (tertiary/aromatic N) is 1. The van der Waals surface area contributed by atoms with Crippen LogP contribution in [0, 0.1) is 0 Å². The summed E-state index contributed by atoms with van der Waals surface area (Å²) in [6, 6.07) is 13.0. The third-order valence-electron chi connectivity index (χ3n) is 3.42. The molecular weight excluding hydrogens is 300 g/mol. The van der Waals surface area contributed by atoms with Crippen molar-refractivity contribution in [2.75, 3.05) is 0 Å². The van der Waals surface area contributed by atoms with Crippen molar-refractivity contribution in [2.24, 2.45) is 0 Å². The number of nitrogens with one attached hydrogen (secondary N) is 1. The first-order valence-electron chi connectivity index (χ1n) is 6.62. The van der Waals surface area contributed by atoms with Crippen molar-refractivity contribution in [2.45, 2.75) is 0 Å². The smallest absolute Gasteiger partial charge is 0.285 e. The Morgan fingerprint density at radius 2 is 1.00 bits per heavy atom. The average molecular weight is 310 g/mol. The Balaban J connectivity index is 0.000000136. The van der Waals surface area contributed by atoms with E-state index < -0.39 is 11.8 Å². The van der Waals surface area contributed by atoms with Gasteiger partial charge in [0.25, 0.3) is 23.6 Å². The van der Waals surface area contributed by atoms with Crippen LogP contribution < -0.4 is 5.32 Å². The van der Waals surface area contributed by atoms with E-state index in [1.54, 1.807) is 36.4 Å². The summed E-state index contributed by atoms with van der Waals surface area (Å²) in [7, 11) is 0. The van der Waals surface area contributed by atoms with Crippen LogP contribution in [0.25, 0.3) is 0 Å². The highest BCUT2D eigenvalue weighted by Gasteiger charge is 2.34. The van der Waals surface area contributed by atoms with E-state index in [0.717, 1.165) is 0 Å². The van der Waals surface area contributed by atoms with Crippen molar-refractivity contribution < 1.29 is 24.4 Å². The van der Waals surface area contributed by atoms with Gasteiger partial charge in [0.05, 0.1) is 22.3 Å². The molecule has 0 atom stereocenters. The van der Waals surface area contributed by atoms with Gasteiger partial charge >= 0.3 is 0 Å². The second kappa shape index (κ2) is 5.47. The number of hydrogen-bond donors (Lipinski definition) is 2. The van der Waals surface area contributed by atoms with E-state index in [2.05, 4.69) is 5.32 Å². The Kier molecular flexibility index (Phi) is 3.47. The maximum absolute atomic E-state index is 11.1. The highest BCUT2D eigenvalue weighted by atomic mass is 16.5. The van der Waals surface area contributed by atoms with Crippen LogP contribution in [0.15, 0.2) is 48.5 Å². The van der Waals surface area contributed by atoms with E-state index in [0.29, 0.717) is 11.1 Å². The molecule has 0 radical (unpaired) electrons. The summed E-state index contributed by atoms with van der Waals surface area (Å²) >= 11 is 0. The molecule has 0 saturated carbocycles. The van der Waals surface area contributed by atoms with Crippen molar-refractivity contribution in [1.29, 1.82) is 0 Å². The molecule has 2 aliphatic heterocycles. The fourth-order valence-electron chi connectivity index (χ4n) is 2.29. The molecule has 0 bridgehead atoms. The van der Waals surface area contributed by atoms with Crippen LogP contribution >= 0.6 is 0 Å². The maximum atomic E-state index is 11.1. The Labute approximate surface area is 130 Å². The summed E-state index contributed by atoms with van der Waals surface area (Å²) in [4.78, 5) is 44.0. The summed E-state index contributed by atoms with van der Waals surface area (Å²) < 4.78 is 0. The predicted molar refractivity (Wildman–Crippen MR) is 77.0 cm³/mol. The second-order valence-electron chi connectivity index (χ2n) is 4.80. The number of fused-ring (bicyclic) bond motifs is 2. The first kappa shape index (κ1) is 14.6. The molecule has 0 saturated heterocycles. The van der Waals surface area contributed by atoms with Crippen LogP contribution in [0.5, 0.6) is 0 Å². The number of carbonyl (C=O) groups is 4. The van der Waals surface area contributed by atoms with Crippen molar-refractivity contribution in [3.63, 3.8) is 0 Å². The topological polar surface area (TPSA) is 104 Å². The van der Waals surface area contributed by atoms with E-state index in [-0.39, 0.29) is 28.0 Å². The van der Waals surface area contributed by atoms with Gasteiger partial charge in [0.15, 0.2) is 0 Å². The first-order valence-corrected chi connectivity index (χ1v) is 6.62. The minimum atomic E-state index is -0.657. The van der Waals surface area contributed by atoms with E-state index >= 15 is 0 Å². The summed E-state index contributed by atoms with van der Waals surface area (Å²) in [6.45, 7) is 0. The minimum Gasteiger partial charge on any atom is -0.288 e. The number of rotatable bonds is 0. The number of amides is 4. The van der Waals surface area contributed by atoms with Gasteiger partial charge in [-0.15, -0.1) is 5.06 Å². The molecule has 2 aromatic rings. The first-order chi connectivity index (χ1) is 11.0. The number of hydrogen-bond acceptors (Lipinski definition) is 5. The quantitative estimate of drug-likeness (QED) is 0.563. The molecule has 4 amide bonds. The zero-order chi connectivity index (χ0) is 16.6. The lowest BCUT2D eigenvalue weighted by atomic mass is 10.1. The van der Waals surface area contributed by atoms with Gasteiger partial charge in [0.1, 0.15) is 0 Å². The molecule has 0 unspecified atom stereocenters. The van der Waals surface area contributed by atoms with Gasteiger partial charge in [-0.2, -0.15) is 0 Å². The lowest BCUT2D eigenvalue weighted by molar-refractivity contribution is -0.0327. The highest BCUT2D eigenvalue weighted by molar-refractivity contribution is 6.21. The summed E-state index contributed by atoms with van der Waals surface area (Å²) in [5, 5.41) is 11.3. The Morgan fingerprint density at radius 1 is 0.652 bits per heavy atom. The zero-order valence-electron chi connectivity index (χ0n) is 11.6. The molecule has 2 aromatic carbocycles. The molecule has 0 fully saturated rings. The molecule has 2 heterocycles. The highest BCUT2D eigenvalue weighted by Crippen LogP contribution is 2.20. The molecule has 23 heavy (non-hydrogen) atoms. The third-order valence-corrected chi connectivity index (χ3v) is 3.42. The summed E-state index contributed by atoms with van der Waals surface area (Å²) in [5.74, 6) is -1.91. The van der Waals surface area contributed by atoms with Gasteiger partial charge in [-0.25, -0.2) is 0 Å². The van der Waals surface area contributed by atoms with Crippen LogP contribution in [0.3, 0.4) is 0 Å². The van der Waals surface area contributed by atoms with Gasteiger partial charge in [-0.05, 0) is 24.3 Å². The second-order valence-corrected chi connectivity index (χ2v) is 4.80. The molecule has 2 aliphatic rings. The molecule has 7 nitrogen and oxygen atoms in total. The van der Waals surface area contributed by atoms with E-state index in [4.69, 9.17) is 5.21 Å². The fourth-order valence-corrected chi connectivity index (χ4v) is 2.29. The molecular formula is C16H10N2O5. The maximum Gasteiger partial charge on any atom is 0.285 e. The number of imide groups is 2. The Bertz CT molecular complexity index is 791. The molecule has 0 spiro atoms. The van der Waals surface area contributed by atoms with Gasteiger partial charge in [-0.1, -0.05) is 24.3 Å². The molecule has 0 aliphatic carbocycles. The van der Waals surface area contributed by atoms with Gasteiger partial charge < -0.3 is 0 Å². The monoisotopic (exact) mass is 310 g/mol. The van der Waals surface area contributed by atoms with Crippen LogP contribution in [0.2, 0.25) is 0 Å². The molecule has 2 N–H and O–H groups in total. The Hall–Kier alpha value is -3.32. The third kappa shape index (κ3) is 2.39. The van der Waals surface area contributed by atoms with Crippen LogP contribution in [0.1, 0.15) is 41.4 Å². The molecule has 0 aromatic heterocycles. The standard InChI is InChI=1S/C8H5NO3.C8H5NO2/c10-7-5-3-1-2-4-6(5)8(11)9(7)12;10-7-5-3-1-2-4-6(5)8(11)9-7/h1-4,12H;1-4H,(H,9,10,11). The van der Waals surface area contributed by atoms with Gasteiger partial charge in [0.2, 0.25) is 0 Å². The van der Waals surface area contributed by atoms with Gasteiger partial charge in [0, 0.05) is 0 Å². The Morgan fingerprint density at radius 3 is 1.39 bits per heavy atom. The normalized spacial score (nSPS) is 14.9. The predicted octanol–water partition coefficient (Wildman–Crippen LogP) is 1.24.